The Morgan fingerprint density at radius 2 is 2.11 bits per heavy atom. The van der Waals surface area contributed by atoms with Gasteiger partial charge in [-0.2, -0.15) is 5.26 Å². The maximum atomic E-state index is 12.1. The lowest BCUT2D eigenvalue weighted by molar-refractivity contribution is 0.0544. The van der Waals surface area contributed by atoms with Crippen molar-refractivity contribution in [3.8, 4) is 6.07 Å². The largest absolute Gasteiger partial charge is 0.443 e. The lowest BCUT2D eigenvalue weighted by Gasteiger charge is -2.19. The standard InChI is InChI=1S/C14H13BN2O2/c1-14(2,3)19-13(18)17-8-11(15)10-6-4-5-9(7-16)12(10)17/h4-6,8H,1-3H3. The lowest BCUT2D eigenvalue weighted by Crippen LogP contribution is -2.27. The highest BCUT2D eigenvalue weighted by atomic mass is 16.6. The van der Waals surface area contributed by atoms with E-state index in [0.717, 1.165) is 0 Å². The number of benzene rings is 1. The normalized spacial score (nSPS) is 11.3. The fourth-order valence-corrected chi connectivity index (χ4v) is 1.85. The van der Waals surface area contributed by atoms with Gasteiger partial charge in [-0.3, -0.25) is 4.57 Å². The number of ether oxygens (including phenoxy) is 1. The summed E-state index contributed by atoms with van der Waals surface area (Å²) in [6, 6.07) is 7.20. The molecule has 0 unspecified atom stereocenters. The number of nitrogens with zero attached hydrogens (tertiary/aromatic N) is 2. The van der Waals surface area contributed by atoms with Gasteiger partial charge >= 0.3 is 6.09 Å². The van der Waals surface area contributed by atoms with Gasteiger partial charge in [-0.1, -0.05) is 17.6 Å². The summed E-state index contributed by atoms with van der Waals surface area (Å²) in [7, 11) is 5.86. The van der Waals surface area contributed by atoms with Crippen molar-refractivity contribution >= 4 is 30.3 Å². The molecule has 2 rings (SSSR count). The second kappa shape index (κ2) is 4.47. The summed E-state index contributed by atoms with van der Waals surface area (Å²) in [5, 5.41) is 9.80. The molecule has 0 saturated carbocycles. The molecule has 0 amide bonds. The van der Waals surface area contributed by atoms with E-state index < -0.39 is 11.7 Å². The monoisotopic (exact) mass is 252 g/mol. The molecule has 4 nitrogen and oxygen atoms in total. The van der Waals surface area contributed by atoms with E-state index in [0.29, 0.717) is 21.9 Å². The van der Waals surface area contributed by atoms with E-state index in [2.05, 4.69) is 6.07 Å². The van der Waals surface area contributed by atoms with Gasteiger partial charge in [0, 0.05) is 6.20 Å². The zero-order chi connectivity index (χ0) is 14.2. The Hall–Kier alpha value is -2.22. The average molecular weight is 252 g/mol. The summed E-state index contributed by atoms with van der Waals surface area (Å²) in [6.45, 7) is 5.35. The maximum absolute atomic E-state index is 12.1. The van der Waals surface area contributed by atoms with Crippen LogP contribution in [0.3, 0.4) is 0 Å². The van der Waals surface area contributed by atoms with Gasteiger partial charge in [-0.15, -0.1) is 0 Å². The molecule has 0 saturated heterocycles. The van der Waals surface area contributed by atoms with Gasteiger partial charge in [-0.05, 0) is 32.2 Å². The number of rotatable bonds is 0. The molecule has 1 heterocycles. The molecule has 0 N–H and O–H groups in total. The molecule has 94 valence electrons. The number of carbonyl (C=O) groups excluding carboxylic acids is 1. The van der Waals surface area contributed by atoms with Crippen LogP contribution in [0, 0.1) is 11.3 Å². The van der Waals surface area contributed by atoms with Crippen LogP contribution in [0.25, 0.3) is 10.9 Å². The number of nitriles is 1. The Bertz CT molecular complexity index is 690. The molecule has 0 fully saturated rings. The van der Waals surface area contributed by atoms with Crippen LogP contribution in [0.1, 0.15) is 26.3 Å². The number of para-hydroxylation sites is 1. The molecule has 1 aromatic carbocycles. The summed E-state index contributed by atoms with van der Waals surface area (Å²) >= 11 is 0. The van der Waals surface area contributed by atoms with Gasteiger partial charge in [0.25, 0.3) is 0 Å². The van der Waals surface area contributed by atoms with Crippen LogP contribution in [0.4, 0.5) is 4.79 Å². The Labute approximate surface area is 113 Å². The van der Waals surface area contributed by atoms with Crippen molar-refractivity contribution in [1.29, 1.82) is 5.26 Å². The van der Waals surface area contributed by atoms with Crippen LogP contribution in [-0.2, 0) is 4.74 Å². The molecule has 19 heavy (non-hydrogen) atoms. The fourth-order valence-electron chi connectivity index (χ4n) is 1.85. The first-order valence-corrected chi connectivity index (χ1v) is 5.86. The Morgan fingerprint density at radius 1 is 1.42 bits per heavy atom. The lowest BCUT2D eigenvalue weighted by atomic mass is 9.95. The van der Waals surface area contributed by atoms with Crippen molar-refractivity contribution in [2.24, 2.45) is 0 Å². The molecule has 2 aromatic rings. The fraction of sp³-hybridized carbons (Fsp3) is 0.286. The molecule has 0 aliphatic rings. The zero-order valence-corrected chi connectivity index (χ0v) is 11.1. The van der Waals surface area contributed by atoms with Gasteiger partial charge < -0.3 is 4.74 Å². The van der Waals surface area contributed by atoms with E-state index in [1.54, 1.807) is 39.0 Å². The average Bonchev–Trinajstić information content (AvgIpc) is 2.65. The Balaban J connectivity index is 2.62. The van der Waals surface area contributed by atoms with Gasteiger partial charge in [0.2, 0.25) is 0 Å². The number of hydrogen-bond acceptors (Lipinski definition) is 3. The highest BCUT2D eigenvalue weighted by molar-refractivity contribution is 6.39. The van der Waals surface area contributed by atoms with Crippen LogP contribution in [0.15, 0.2) is 24.4 Å². The SMILES string of the molecule is [B]c1cn(C(=O)OC(C)(C)C)c2c(C#N)cccc12. The minimum Gasteiger partial charge on any atom is -0.443 e. The predicted molar refractivity (Wildman–Crippen MR) is 73.7 cm³/mol. The number of fused-ring (bicyclic) bond motifs is 1. The molecule has 1 aromatic heterocycles. The smallest absolute Gasteiger partial charge is 0.419 e. The molecule has 0 bridgehead atoms. The first-order chi connectivity index (χ1) is 8.83. The minimum absolute atomic E-state index is 0.389. The molecule has 5 heteroatoms. The van der Waals surface area contributed by atoms with Crippen molar-refractivity contribution in [2.45, 2.75) is 26.4 Å². The number of carbonyl (C=O) groups is 1. The van der Waals surface area contributed by atoms with Gasteiger partial charge in [0.1, 0.15) is 19.5 Å². The molecule has 0 aliphatic heterocycles. The van der Waals surface area contributed by atoms with E-state index >= 15 is 0 Å². The van der Waals surface area contributed by atoms with E-state index in [1.807, 2.05) is 0 Å². The first kappa shape index (κ1) is 13.2. The second-order valence-electron chi connectivity index (χ2n) is 5.25. The summed E-state index contributed by atoms with van der Waals surface area (Å²) in [6.07, 6.45) is 0.941. The molecular weight excluding hydrogens is 239 g/mol. The molecule has 0 spiro atoms. The third kappa shape index (κ3) is 2.48. The Kier molecular flexibility index (Phi) is 3.11. The van der Waals surface area contributed by atoms with E-state index in [-0.39, 0.29) is 0 Å². The second-order valence-corrected chi connectivity index (χ2v) is 5.25. The van der Waals surface area contributed by atoms with Gasteiger partial charge in [-0.25, -0.2) is 4.79 Å². The highest BCUT2D eigenvalue weighted by Crippen LogP contribution is 2.19. The van der Waals surface area contributed by atoms with Crippen LogP contribution in [0.5, 0.6) is 0 Å². The van der Waals surface area contributed by atoms with E-state index in [4.69, 9.17) is 17.8 Å². The van der Waals surface area contributed by atoms with Crippen molar-refractivity contribution in [2.75, 3.05) is 0 Å². The molecule has 0 atom stereocenters. The van der Waals surface area contributed by atoms with E-state index in [9.17, 15) is 4.79 Å². The van der Waals surface area contributed by atoms with Gasteiger partial charge in [0.05, 0.1) is 11.1 Å². The number of aromatic nitrogens is 1. The third-order valence-corrected chi connectivity index (χ3v) is 2.57. The van der Waals surface area contributed by atoms with E-state index in [1.165, 1.54) is 10.8 Å². The maximum Gasteiger partial charge on any atom is 0.419 e. The summed E-state index contributed by atoms with van der Waals surface area (Å²) < 4.78 is 6.59. The number of hydrogen-bond donors (Lipinski definition) is 0. The van der Waals surface area contributed by atoms with Crippen molar-refractivity contribution < 1.29 is 9.53 Å². The van der Waals surface area contributed by atoms with Gasteiger partial charge in [0.15, 0.2) is 0 Å². The van der Waals surface area contributed by atoms with Crippen molar-refractivity contribution in [3.05, 3.63) is 30.0 Å². The molecular formula is C14H13BN2O2. The highest BCUT2D eigenvalue weighted by Gasteiger charge is 2.21. The topological polar surface area (TPSA) is 55.0 Å². The van der Waals surface area contributed by atoms with Crippen molar-refractivity contribution in [1.82, 2.24) is 4.57 Å². The van der Waals surface area contributed by atoms with Crippen molar-refractivity contribution in [3.63, 3.8) is 0 Å². The first-order valence-electron chi connectivity index (χ1n) is 5.86. The summed E-state index contributed by atoms with van der Waals surface area (Å²) in [4.78, 5) is 12.1. The van der Waals surface area contributed by atoms with Crippen LogP contribution >= 0.6 is 0 Å². The zero-order valence-electron chi connectivity index (χ0n) is 11.1. The summed E-state index contributed by atoms with van der Waals surface area (Å²) in [5.74, 6) is 0. The quantitative estimate of drug-likeness (QED) is 0.674. The van der Waals surface area contributed by atoms with Crippen LogP contribution in [0.2, 0.25) is 0 Å². The predicted octanol–water partition coefficient (Wildman–Crippen LogP) is 2.09. The van der Waals surface area contributed by atoms with Crippen LogP contribution in [-0.4, -0.2) is 24.1 Å². The Morgan fingerprint density at radius 3 is 2.68 bits per heavy atom. The molecule has 2 radical (unpaired) electrons. The summed E-state index contributed by atoms with van der Waals surface area (Å²) in [5.41, 5.74) is 0.707. The molecule has 0 aliphatic carbocycles. The third-order valence-electron chi connectivity index (χ3n) is 2.57. The minimum atomic E-state index is -0.607. The van der Waals surface area contributed by atoms with Crippen LogP contribution < -0.4 is 5.46 Å².